The van der Waals surface area contributed by atoms with Gasteiger partial charge in [-0.3, -0.25) is 0 Å². The Labute approximate surface area is 161 Å². The highest BCUT2D eigenvalue weighted by atomic mass is 79.9. The Balaban J connectivity index is 2.26. The van der Waals surface area contributed by atoms with E-state index in [4.69, 9.17) is 4.74 Å². The van der Waals surface area contributed by atoms with Crippen molar-refractivity contribution < 1.29 is 4.74 Å². The van der Waals surface area contributed by atoms with Gasteiger partial charge in [0.05, 0.1) is 12.0 Å². The largest absolute Gasteiger partial charge is 0.457 e. The summed E-state index contributed by atoms with van der Waals surface area (Å²) in [5.41, 5.74) is 3.12. The molecule has 0 bridgehead atoms. The third kappa shape index (κ3) is 5.08. The summed E-state index contributed by atoms with van der Waals surface area (Å²) in [5.74, 6) is 1.64. The van der Waals surface area contributed by atoms with Crippen LogP contribution in [0.2, 0.25) is 0 Å². The summed E-state index contributed by atoms with van der Waals surface area (Å²) < 4.78 is 8.00. The van der Waals surface area contributed by atoms with E-state index in [2.05, 4.69) is 68.6 Å². The molecule has 0 fully saturated rings. The number of halogens is 2. The topological polar surface area (TPSA) is 24.8 Å². The Morgan fingerprint density at radius 3 is 2.17 bits per heavy atom. The number of aryl methyl sites for hydroxylation is 2. The van der Waals surface area contributed by atoms with E-state index in [9.17, 15) is 0 Å². The maximum Gasteiger partial charge on any atom is 0.130 e. The van der Waals surface area contributed by atoms with Crippen LogP contribution in [0.3, 0.4) is 0 Å². The zero-order valence-electron chi connectivity index (χ0n) is 14.4. The third-order valence-electron chi connectivity index (χ3n) is 3.73. The molecule has 0 amide bonds. The molecular formula is C19H22Br2N2O. The highest BCUT2D eigenvalue weighted by Crippen LogP contribution is 2.33. The normalized spacial score (nSPS) is 11.1. The second-order valence-electron chi connectivity index (χ2n) is 5.58. The first-order valence-corrected chi connectivity index (χ1v) is 9.55. The molecule has 0 heterocycles. The lowest BCUT2D eigenvalue weighted by atomic mass is 10.1. The lowest BCUT2D eigenvalue weighted by Gasteiger charge is -2.15. The smallest absolute Gasteiger partial charge is 0.130 e. The van der Waals surface area contributed by atoms with E-state index in [1.807, 2.05) is 37.5 Å². The molecule has 24 heavy (non-hydrogen) atoms. The Hall–Kier alpha value is -1.33. The Morgan fingerprint density at radius 2 is 1.58 bits per heavy atom. The molecule has 2 aromatic rings. The maximum absolute atomic E-state index is 6.05. The van der Waals surface area contributed by atoms with Crippen molar-refractivity contribution in [2.75, 3.05) is 13.1 Å². The Bertz CT molecular complexity index is 720. The summed E-state index contributed by atoms with van der Waals surface area (Å²) in [6, 6.07) is 9.99. The summed E-state index contributed by atoms with van der Waals surface area (Å²) >= 11 is 6.97. The van der Waals surface area contributed by atoms with Crippen LogP contribution >= 0.6 is 31.9 Å². The van der Waals surface area contributed by atoms with E-state index >= 15 is 0 Å². The number of benzene rings is 2. The molecule has 0 N–H and O–H groups in total. The zero-order chi connectivity index (χ0) is 17.7. The molecule has 0 spiro atoms. The predicted molar refractivity (Wildman–Crippen MR) is 109 cm³/mol. The first-order valence-electron chi connectivity index (χ1n) is 7.96. The minimum atomic E-state index is 0.790. The average molecular weight is 454 g/mol. The molecule has 128 valence electrons. The molecule has 0 aromatic heterocycles. The van der Waals surface area contributed by atoms with E-state index in [-0.39, 0.29) is 0 Å². The molecule has 0 unspecified atom stereocenters. The SMILES string of the molecule is CCN(/C=N/c1cc(C)c(Oc2cc(Br)cc(Br)c2)cc1C)CC. The van der Waals surface area contributed by atoms with Crippen molar-refractivity contribution in [1.29, 1.82) is 0 Å². The third-order valence-corrected chi connectivity index (χ3v) is 4.65. The Kier molecular flexibility index (Phi) is 6.87. The number of hydrogen-bond acceptors (Lipinski definition) is 2. The monoisotopic (exact) mass is 452 g/mol. The molecule has 0 aliphatic carbocycles. The van der Waals surface area contributed by atoms with Gasteiger partial charge in [-0.05, 0) is 69.2 Å². The highest BCUT2D eigenvalue weighted by Gasteiger charge is 2.08. The summed E-state index contributed by atoms with van der Waals surface area (Å²) in [5, 5.41) is 0. The van der Waals surface area contributed by atoms with Crippen LogP contribution in [0.25, 0.3) is 0 Å². The lowest BCUT2D eigenvalue weighted by molar-refractivity contribution is 0.477. The van der Waals surface area contributed by atoms with Crippen LogP contribution in [0.4, 0.5) is 5.69 Å². The van der Waals surface area contributed by atoms with Crippen LogP contribution in [0.15, 0.2) is 44.3 Å². The van der Waals surface area contributed by atoms with Gasteiger partial charge in [0.25, 0.3) is 0 Å². The summed E-state index contributed by atoms with van der Waals surface area (Å²) in [6.45, 7) is 10.3. The molecule has 2 rings (SSSR count). The highest BCUT2D eigenvalue weighted by molar-refractivity contribution is 9.11. The van der Waals surface area contributed by atoms with E-state index in [0.29, 0.717) is 0 Å². The summed E-state index contributed by atoms with van der Waals surface area (Å²) in [7, 11) is 0. The summed E-state index contributed by atoms with van der Waals surface area (Å²) in [4.78, 5) is 6.78. The first-order chi connectivity index (χ1) is 11.4. The van der Waals surface area contributed by atoms with Gasteiger partial charge >= 0.3 is 0 Å². The second kappa shape index (κ2) is 8.67. The fourth-order valence-electron chi connectivity index (χ4n) is 2.27. The van der Waals surface area contributed by atoms with Crippen molar-refractivity contribution >= 4 is 43.9 Å². The lowest BCUT2D eigenvalue weighted by Crippen LogP contribution is -2.20. The van der Waals surface area contributed by atoms with Gasteiger partial charge in [0, 0.05) is 22.0 Å². The van der Waals surface area contributed by atoms with E-state index < -0.39 is 0 Å². The summed E-state index contributed by atoms with van der Waals surface area (Å²) in [6.07, 6.45) is 1.91. The number of nitrogens with zero attached hydrogens (tertiary/aromatic N) is 2. The van der Waals surface area contributed by atoms with Gasteiger partial charge in [-0.2, -0.15) is 0 Å². The molecule has 0 atom stereocenters. The van der Waals surface area contributed by atoms with Crippen molar-refractivity contribution in [1.82, 2.24) is 4.90 Å². The van der Waals surface area contributed by atoms with Crippen molar-refractivity contribution in [3.8, 4) is 11.5 Å². The van der Waals surface area contributed by atoms with Gasteiger partial charge < -0.3 is 9.64 Å². The first kappa shape index (κ1) is 19.0. The number of rotatable bonds is 6. The molecule has 5 heteroatoms. The standard InChI is InChI=1S/C19H22Br2N2O/c1-5-23(6-2)12-22-18-7-14(4)19(8-13(18)3)24-17-10-15(20)9-16(21)11-17/h7-12H,5-6H2,1-4H3/b22-12+. The number of aliphatic imine (C=N–C) groups is 1. The molecule has 2 aromatic carbocycles. The van der Waals surface area contributed by atoms with Crippen LogP contribution in [-0.4, -0.2) is 24.3 Å². The van der Waals surface area contributed by atoms with Crippen molar-refractivity contribution in [3.63, 3.8) is 0 Å². The van der Waals surface area contributed by atoms with Gasteiger partial charge in [-0.25, -0.2) is 4.99 Å². The molecule has 0 radical (unpaired) electrons. The van der Waals surface area contributed by atoms with Crippen molar-refractivity contribution in [2.45, 2.75) is 27.7 Å². The average Bonchev–Trinajstić information content (AvgIpc) is 2.51. The van der Waals surface area contributed by atoms with Crippen LogP contribution in [-0.2, 0) is 0 Å². The van der Waals surface area contributed by atoms with Gasteiger partial charge in [0.1, 0.15) is 11.5 Å². The number of hydrogen-bond donors (Lipinski definition) is 0. The van der Waals surface area contributed by atoms with Crippen molar-refractivity contribution in [3.05, 3.63) is 50.4 Å². The van der Waals surface area contributed by atoms with Crippen LogP contribution in [0.5, 0.6) is 11.5 Å². The fourth-order valence-corrected chi connectivity index (χ4v) is 3.52. The zero-order valence-corrected chi connectivity index (χ0v) is 17.6. The minimum absolute atomic E-state index is 0.790. The molecule has 0 saturated carbocycles. The van der Waals surface area contributed by atoms with Crippen LogP contribution in [0, 0.1) is 13.8 Å². The minimum Gasteiger partial charge on any atom is -0.457 e. The molecule has 0 aliphatic rings. The van der Waals surface area contributed by atoms with Crippen LogP contribution < -0.4 is 4.74 Å². The quantitative estimate of drug-likeness (QED) is 0.362. The van der Waals surface area contributed by atoms with E-state index in [1.165, 1.54) is 0 Å². The van der Waals surface area contributed by atoms with E-state index in [1.54, 1.807) is 0 Å². The van der Waals surface area contributed by atoms with Gasteiger partial charge in [0.2, 0.25) is 0 Å². The van der Waals surface area contributed by atoms with Gasteiger partial charge in [-0.15, -0.1) is 0 Å². The van der Waals surface area contributed by atoms with Gasteiger partial charge in [-0.1, -0.05) is 31.9 Å². The fraction of sp³-hybridized carbons (Fsp3) is 0.316. The second-order valence-corrected chi connectivity index (χ2v) is 7.41. The molecule has 0 aliphatic heterocycles. The van der Waals surface area contributed by atoms with Crippen molar-refractivity contribution in [2.24, 2.45) is 4.99 Å². The Morgan fingerprint density at radius 1 is 0.958 bits per heavy atom. The molecular weight excluding hydrogens is 432 g/mol. The molecule has 0 saturated heterocycles. The van der Waals surface area contributed by atoms with Crippen LogP contribution in [0.1, 0.15) is 25.0 Å². The number of ether oxygens (including phenoxy) is 1. The molecule has 3 nitrogen and oxygen atoms in total. The van der Waals surface area contributed by atoms with E-state index in [0.717, 1.165) is 50.3 Å². The van der Waals surface area contributed by atoms with Gasteiger partial charge in [0.15, 0.2) is 0 Å². The maximum atomic E-state index is 6.05. The predicted octanol–water partition coefficient (Wildman–Crippen LogP) is 6.62.